The average molecular weight is 322 g/mol. The zero-order valence-electron chi connectivity index (χ0n) is 13.6. The number of fused-ring (bicyclic) bond motifs is 1. The second kappa shape index (κ2) is 6.58. The highest BCUT2D eigenvalue weighted by Gasteiger charge is 2.12. The topological polar surface area (TPSA) is 77.8 Å². The van der Waals surface area contributed by atoms with Crippen molar-refractivity contribution in [3.8, 4) is 5.75 Å². The van der Waals surface area contributed by atoms with Gasteiger partial charge in [-0.1, -0.05) is 24.3 Å². The van der Waals surface area contributed by atoms with Crippen molar-refractivity contribution in [1.82, 2.24) is 0 Å². The van der Waals surface area contributed by atoms with Crippen molar-refractivity contribution in [3.63, 3.8) is 0 Å². The van der Waals surface area contributed by atoms with Gasteiger partial charge >= 0.3 is 0 Å². The molecule has 3 rings (SSSR count). The molecule has 24 heavy (non-hydrogen) atoms. The number of nitrogens with zero attached hydrogens (tertiary/aromatic N) is 1. The van der Waals surface area contributed by atoms with E-state index < -0.39 is 5.91 Å². The summed E-state index contributed by atoms with van der Waals surface area (Å²) in [5, 5.41) is 0.734. The molecule has 0 fully saturated rings. The summed E-state index contributed by atoms with van der Waals surface area (Å²) in [6, 6.07) is 14.8. The second-order valence-corrected chi connectivity index (χ2v) is 5.39. The minimum atomic E-state index is -0.589. The number of aryl methyl sites for hydroxylation is 1. The molecule has 0 aliphatic heterocycles. The minimum absolute atomic E-state index is 0.174. The number of benzene rings is 2. The van der Waals surface area contributed by atoms with Crippen molar-refractivity contribution in [2.45, 2.75) is 13.8 Å². The number of hydrogen-bond donors (Lipinski definition) is 1. The van der Waals surface area contributed by atoms with Crippen LogP contribution in [0.2, 0.25) is 0 Å². The Morgan fingerprint density at radius 2 is 2.00 bits per heavy atom. The summed E-state index contributed by atoms with van der Waals surface area (Å²) in [5.74, 6) is 0.0144. The molecule has 5 heteroatoms. The molecule has 0 unspecified atom stereocenters. The van der Waals surface area contributed by atoms with Gasteiger partial charge in [0.15, 0.2) is 11.3 Å². The van der Waals surface area contributed by atoms with Gasteiger partial charge < -0.3 is 14.9 Å². The fraction of sp³-hybridized carbons (Fsp3) is 0.158. The summed E-state index contributed by atoms with van der Waals surface area (Å²) in [6.45, 7) is 4.38. The molecule has 3 aromatic rings. The zero-order chi connectivity index (χ0) is 17.1. The van der Waals surface area contributed by atoms with Gasteiger partial charge in [-0.15, -0.1) is 0 Å². The van der Waals surface area contributed by atoms with E-state index in [9.17, 15) is 4.79 Å². The van der Waals surface area contributed by atoms with E-state index in [0.29, 0.717) is 23.6 Å². The van der Waals surface area contributed by atoms with Crippen LogP contribution in [0.4, 0.5) is 5.69 Å². The third-order valence-electron chi connectivity index (χ3n) is 3.54. The van der Waals surface area contributed by atoms with E-state index in [-0.39, 0.29) is 11.1 Å². The molecule has 0 atom stereocenters. The standard InChI is InChI=1S/C19H18N2O3/c1-3-23-16-9-5-7-13-11-15(18(20)22)19(24-17(13)16)21-14-8-4-6-12(2)10-14/h4-11H,3H2,1-2H3,(H2,20,22). The quantitative estimate of drug-likeness (QED) is 0.799. The number of hydrogen-bond acceptors (Lipinski definition) is 4. The van der Waals surface area contributed by atoms with Crippen LogP contribution in [0.25, 0.3) is 11.0 Å². The van der Waals surface area contributed by atoms with E-state index in [1.807, 2.05) is 56.3 Å². The summed E-state index contributed by atoms with van der Waals surface area (Å²) >= 11 is 0. The van der Waals surface area contributed by atoms with E-state index >= 15 is 0 Å². The number of rotatable bonds is 4. The number of carbonyl (C=O) groups excluding carboxylic acids is 1. The van der Waals surface area contributed by atoms with Crippen LogP contribution in [0, 0.1) is 6.92 Å². The molecule has 0 aliphatic rings. The average Bonchev–Trinajstić information content (AvgIpc) is 2.55. The number of ether oxygens (including phenoxy) is 1. The lowest BCUT2D eigenvalue weighted by Crippen LogP contribution is -2.21. The molecule has 1 heterocycles. The molecule has 0 spiro atoms. The fourth-order valence-electron chi connectivity index (χ4n) is 2.47. The van der Waals surface area contributed by atoms with Gasteiger partial charge in [-0.3, -0.25) is 4.79 Å². The van der Waals surface area contributed by atoms with Gasteiger partial charge in [0.2, 0.25) is 5.55 Å². The van der Waals surface area contributed by atoms with Gasteiger partial charge in [-0.05, 0) is 43.7 Å². The lowest BCUT2D eigenvalue weighted by atomic mass is 10.1. The van der Waals surface area contributed by atoms with E-state index in [0.717, 1.165) is 10.9 Å². The molecule has 1 amide bonds. The highest BCUT2D eigenvalue weighted by molar-refractivity contribution is 5.96. The normalized spacial score (nSPS) is 11.7. The maximum atomic E-state index is 11.8. The Balaban J connectivity index is 2.30. The van der Waals surface area contributed by atoms with Crippen molar-refractivity contribution in [2.75, 3.05) is 6.61 Å². The SMILES string of the molecule is CCOc1cccc2cc(C(N)=O)c(=Nc3cccc(C)c3)oc12. The molecule has 1 aromatic heterocycles. The third kappa shape index (κ3) is 3.15. The lowest BCUT2D eigenvalue weighted by Gasteiger charge is -2.07. The Kier molecular flexibility index (Phi) is 4.33. The predicted molar refractivity (Wildman–Crippen MR) is 92.3 cm³/mol. The summed E-state index contributed by atoms with van der Waals surface area (Å²) in [7, 11) is 0. The first-order valence-electron chi connectivity index (χ1n) is 7.69. The summed E-state index contributed by atoms with van der Waals surface area (Å²) in [6.07, 6.45) is 0. The monoisotopic (exact) mass is 322 g/mol. The van der Waals surface area contributed by atoms with Crippen LogP contribution >= 0.6 is 0 Å². The van der Waals surface area contributed by atoms with Crippen LogP contribution in [0.15, 0.2) is 57.9 Å². The predicted octanol–water partition coefficient (Wildman–Crippen LogP) is 3.47. The molecule has 0 aliphatic carbocycles. The van der Waals surface area contributed by atoms with E-state index in [4.69, 9.17) is 14.9 Å². The summed E-state index contributed by atoms with van der Waals surface area (Å²) < 4.78 is 11.5. The van der Waals surface area contributed by atoms with E-state index in [1.54, 1.807) is 6.07 Å². The molecule has 0 saturated carbocycles. The highest BCUT2D eigenvalue weighted by atomic mass is 16.5. The smallest absolute Gasteiger partial charge is 0.254 e. The van der Waals surface area contributed by atoms with Gasteiger partial charge in [0.05, 0.1) is 12.3 Å². The third-order valence-corrected chi connectivity index (χ3v) is 3.54. The van der Waals surface area contributed by atoms with Crippen LogP contribution in [-0.2, 0) is 0 Å². The molecule has 2 aromatic carbocycles. The Morgan fingerprint density at radius 1 is 1.21 bits per heavy atom. The Labute approximate surface area is 139 Å². The van der Waals surface area contributed by atoms with Crippen LogP contribution in [-0.4, -0.2) is 12.5 Å². The fourth-order valence-corrected chi connectivity index (χ4v) is 2.47. The van der Waals surface area contributed by atoms with Crippen LogP contribution in [0.5, 0.6) is 5.75 Å². The van der Waals surface area contributed by atoms with Gasteiger partial charge in [0, 0.05) is 5.39 Å². The van der Waals surface area contributed by atoms with Gasteiger partial charge in [-0.25, -0.2) is 4.99 Å². The van der Waals surface area contributed by atoms with Gasteiger partial charge in [-0.2, -0.15) is 0 Å². The van der Waals surface area contributed by atoms with E-state index in [1.165, 1.54) is 0 Å². The van der Waals surface area contributed by atoms with Crippen molar-refractivity contribution < 1.29 is 13.9 Å². The Bertz CT molecular complexity index is 974. The van der Waals surface area contributed by atoms with Crippen LogP contribution in [0.3, 0.4) is 0 Å². The largest absolute Gasteiger partial charge is 0.490 e. The molecule has 0 bridgehead atoms. The molecular formula is C19H18N2O3. The van der Waals surface area contributed by atoms with Gasteiger partial charge in [0.1, 0.15) is 5.56 Å². The first-order valence-corrected chi connectivity index (χ1v) is 7.69. The molecule has 2 N–H and O–H groups in total. The van der Waals surface area contributed by atoms with Crippen molar-refractivity contribution in [1.29, 1.82) is 0 Å². The van der Waals surface area contributed by atoms with Crippen molar-refractivity contribution in [2.24, 2.45) is 10.7 Å². The molecule has 0 radical (unpaired) electrons. The van der Waals surface area contributed by atoms with Crippen molar-refractivity contribution >= 4 is 22.6 Å². The van der Waals surface area contributed by atoms with Gasteiger partial charge in [0.25, 0.3) is 5.91 Å². The number of nitrogens with two attached hydrogens (primary N) is 1. The summed E-state index contributed by atoms with van der Waals surface area (Å²) in [4.78, 5) is 16.3. The van der Waals surface area contributed by atoms with E-state index in [2.05, 4.69) is 4.99 Å². The molecule has 0 saturated heterocycles. The first kappa shape index (κ1) is 15.8. The number of primary amides is 1. The molecular weight excluding hydrogens is 304 g/mol. The molecule has 5 nitrogen and oxygen atoms in total. The summed E-state index contributed by atoms with van der Waals surface area (Å²) in [5.41, 5.74) is 8.19. The second-order valence-electron chi connectivity index (χ2n) is 5.39. The number of amides is 1. The van der Waals surface area contributed by atoms with Crippen LogP contribution < -0.4 is 16.0 Å². The Morgan fingerprint density at radius 3 is 2.71 bits per heavy atom. The highest BCUT2D eigenvalue weighted by Crippen LogP contribution is 2.25. The van der Waals surface area contributed by atoms with Crippen molar-refractivity contribution in [3.05, 3.63) is 65.2 Å². The Hall–Kier alpha value is -3.08. The lowest BCUT2D eigenvalue weighted by molar-refractivity contribution is 0.0996. The first-order chi connectivity index (χ1) is 11.6. The number of carbonyl (C=O) groups is 1. The minimum Gasteiger partial charge on any atom is -0.490 e. The molecule has 122 valence electrons. The number of para-hydroxylation sites is 1. The zero-order valence-corrected chi connectivity index (χ0v) is 13.6. The maximum Gasteiger partial charge on any atom is 0.254 e. The maximum absolute atomic E-state index is 11.8. The van der Waals surface area contributed by atoms with Crippen LogP contribution in [0.1, 0.15) is 22.8 Å².